The maximum Gasteiger partial charge on any atom is 0.364 e. The van der Waals surface area contributed by atoms with Gasteiger partial charge in [0.2, 0.25) is 11.8 Å². The lowest BCUT2D eigenvalue weighted by Gasteiger charge is -2.48. The summed E-state index contributed by atoms with van der Waals surface area (Å²) < 4.78 is 31.9. The standard InChI is InChI=1S/C27H44N2O21/c1-8(32)28-16-19(39)22(12(4-30)47-24(16)42)49-25-21(41)20(40)18(38)13(48-25)7-46-27(26(43)44)3-10(34)15(29-14(36)5-31)23(50-27)17(37)11(35)6-45-9(2)33/h10-13,15-25,30-31,34-35,37-42H,3-7H2,1-2H3,(H,28,32)(H,29,36)(H,43,44)/t10-,11+,12+,13+,15+,16+,17+,18-,19+,20-,21+,22+,23+,24?,25-,27+/m0/s1. The van der Waals surface area contributed by atoms with Crippen LogP contribution in [0.25, 0.3) is 0 Å². The number of ether oxygens (including phenoxy) is 6. The van der Waals surface area contributed by atoms with Gasteiger partial charge in [-0.1, -0.05) is 0 Å². The molecular weight excluding hydrogens is 688 g/mol. The number of aliphatic hydroxyl groups excluding tert-OH is 10. The van der Waals surface area contributed by atoms with Crippen LogP contribution < -0.4 is 10.6 Å². The quantitative estimate of drug-likeness (QED) is 0.0737. The zero-order chi connectivity index (χ0) is 37.7. The van der Waals surface area contributed by atoms with E-state index in [4.69, 9.17) is 23.7 Å². The number of carboxylic acid groups (broad SMARTS) is 1. The number of amides is 2. The van der Waals surface area contributed by atoms with E-state index in [9.17, 15) is 75.3 Å². The number of carbonyl (C=O) groups is 4. The third-order valence-electron chi connectivity index (χ3n) is 8.24. The molecule has 3 aliphatic rings. The molecule has 16 atom stereocenters. The molecule has 3 rings (SSSR count). The Labute approximate surface area is 282 Å². The normalized spacial score (nSPS) is 40.3. The van der Waals surface area contributed by atoms with Crippen molar-refractivity contribution in [3.05, 3.63) is 0 Å². The molecule has 1 unspecified atom stereocenters. The monoisotopic (exact) mass is 732 g/mol. The Morgan fingerprint density at radius 1 is 0.880 bits per heavy atom. The maximum absolute atomic E-state index is 12.6. The van der Waals surface area contributed by atoms with E-state index < -0.39 is 154 Å². The Morgan fingerprint density at radius 3 is 2.10 bits per heavy atom. The lowest BCUT2D eigenvalue weighted by Crippen LogP contribution is -2.69. The van der Waals surface area contributed by atoms with Gasteiger partial charge in [0.15, 0.2) is 12.6 Å². The summed E-state index contributed by atoms with van der Waals surface area (Å²) in [4.78, 5) is 47.3. The Bertz CT molecular complexity index is 1180. The minimum Gasteiger partial charge on any atom is -0.477 e. The highest BCUT2D eigenvalue weighted by molar-refractivity contribution is 5.78. The van der Waals surface area contributed by atoms with Gasteiger partial charge >= 0.3 is 11.9 Å². The van der Waals surface area contributed by atoms with Crippen molar-refractivity contribution in [3.8, 4) is 0 Å². The highest BCUT2D eigenvalue weighted by Gasteiger charge is 2.57. The lowest BCUT2D eigenvalue weighted by atomic mass is 9.88. The summed E-state index contributed by atoms with van der Waals surface area (Å²) in [7, 11) is 0. The molecule has 3 heterocycles. The Kier molecular flexibility index (Phi) is 14.7. The molecule has 13 N–H and O–H groups in total. The number of esters is 1. The van der Waals surface area contributed by atoms with Crippen molar-refractivity contribution < 1.29 is 104 Å². The van der Waals surface area contributed by atoms with Crippen molar-refractivity contribution in [2.45, 2.75) is 118 Å². The molecular formula is C27H44N2O21. The predicted molar refractivity (Wildman–Crippen MR) is 153 cm³/mol. The summed E-state index contributed by atoms with van der Waals surface area (Å²) in [6.07, 6.45) is -25.8. The van der Waals surface area contributed by atoms with Gasteiger partial charge in [-0.2, -0.15) is 0 Å². The molecule has 0 aromatic heterocycles. The van der Waals surface area contributed by atoms with Gasteiger partial charge in [0, 0.05) is 20.3 Å². The van der Waals surface area contributed by atoms with Gasteiger partial charge in [0.1, 0.15) is 80.3 Å². The van der Waals surface area contributed by atoms with Gasteiger partial charge in [0.05, 0.1) is 25.4 Å². The van der Waals surface area contributed by atoms with Crippen LogP contribution in [0.5, 0.6) is 0 Å². The van der Waals surface area contributed by atoms with Gasteiger partial charge in [0.25, 0.3) is 5.79 Å². The van der Waals surface area contributed by atoms with E-state index in [-0.39, 0.29) is 0 Å². The van der Waals surface area contributed by atoms with E-state index >= 15 is 0 Å². The third-order valence-corrected chi connectivity index (χ3v) is 8.24. The van der Waals surface area contributed by atoms with Crippen LogP contribution in [0.4, 0.5) is 0 Å². The van der Waals surface area contributed by atoms with Crippen LogP contribution in [0.1, 0.15) is 20.3 Å². The van der Waals surface area contributed by atoms with Crippen LogP contribution in [0.15, 0.2) is 0 Å². The highest BCUT2D eigenvalue weighted by Crippen LogP contribution is 2.35. The Hall–Kier alpha value is -2.72. The van der Waals surface area contributed by atoms with E-state index in [1.165, 1.54) is 0 Å². The molecule has 23 nitrogen and oxygen atoms in total. The lowest BCUT2D eigenvalue weighted by molar-refractivity contribution is -0.358. The smallest absolute Gasteiger partial charge is 0.364 e. The summed E-state index contributed by atoms with van der Waals surface area (Å²) in [5.41, 5.74) is 0. The van der Waals surface area contributed by atoms with E-state index in [0.29, 0.717) is 0 Å². The second-order valence-electron chi connectivity index (χ2n) is 11.9. The van der Waals surface area contributed by atoms with Crippen molar-refractivity contribution in [2.75, 3.05) is 26.4 Å². The molecule has 0 saturated carbocycles. The number of rotatable bonds is 14. The van der Waals surface area contributed by atoms with Gasteiger partial charge in [-0.25, -0.2) is 4.79 Å². The van der Waals surface area contributed by atoms with Crippen LogP contribution in [-0.4, -0.2) is 204 Å². The highest BCUT2D eigenvalue weighted by atomic mass is 16.8. The topological polar surface area (TPSA) is 370 Å². The first-order chi connectivity index (χ1) is 23.4. The van der Waals surface area contributed by atoms with Gasteiger partial charge < -0.3 is 95.2 Å². The molecule has 288 valence electrons. The molecule has 0 aromatic rings. The summed E-state index contributed by atoms with van der Waals surface area (Å²) >= 11 is 0. The van der Waals surface area contributed by atoms with Crippen LogP contribution in [0, 0.1) is 0 Å². The number of carboxylic acids is 1. The fraction of sp³-hybridized carbons (Fsp3) is 0.852. The summed E-state index contributed by atoms with van der Waals surface area (Å²) in [5, 5.41) is 118. The molecule has 0 radical (unpaired) electrons. The third kappa shape index (κ3) is 9.58. The summed E-state index contributed by atoms with van der Waals surface area (Å²) in [5.74, 6) is -7.53. The van der Waals surface area contributed by atoms with Gasteiger partial charge in [-0.3, -0.25) is 14.4 Å². The summed E-state index contributed by atoms with van der Waals surface area (Å²) in [6.45, 7) is -1.77. The number of carbonyl (C=O) groups excluding carboxylic acids is 3. The molecule has 23 heteroatoms. The zero-order valence-electron chi connectivity index (χ0n) is 26.7. The SMILES string of the molecule is CC(=O)N[C@H]1C(O)O[C@H](CO)[C@@H](O[C@@H]2O[C@H](CO[C@]3(C(=O)O)C[C@H](O)[C@@H](NC(=O)CO)[C@H]([C@H](O)[C@H](O)COC(C)=O)O3)[C@H](O)[C@H](O)[C@H]2O)[C@@H]1O. The largest absolute Gasteiger partial charge is 0.477 e. The molecule has 0 aliphatic carbocycles. The Balaban J connectivity index is 1.85. The minimum atomic E-state index is -2.94. The number of hydrogen-bond donors (Lipinski definition) is 13. The first-order valence-corrected chi connectivity index (χ1v) is 15.2. The molecule has 0 spiro atoms. The molecule has 3 saturated heterocycles. The van der Waals surface area contributed by atoms with Gasteiger partial charge in [-0.05, 0) is 0 Å². The fourth-order valence-corrected chi connectivity index (χ4v) is 5.65. The van der Waals surface area contributed by atoms with E-state index in [2.05, 4.69) is 15.4 Å². The first-order valence-electron chi connectivity index (χ1n) is 15.2. The van der Waals surface area contributed by atoms with Gasteiger partial charge in [-0.15, -0.1) is 0 Å². The number of aliphatic hydroxyl groups is 10. The van der Waals surface area contributed by atoms with Crippen molar-refractivity contribution in [2.24, 2.45) is 0 Å². The predicted octanol–water partition coefficient (Wildman–Crippen LogP) is -8.54. The van der Waals surface area contributed by atoms with E-state index in [1.807, 2.05) is 0 Å². The van der Waals surface area contributed by atoms with Crippen molar-refractivity contribution in [1.82, 2.24) is 10.6 Å². The second-order valence-corrected chi connectivity index (χ2v) is 11.9. The molecule has 0 aromatic carbocycles. The molecule has 50 heavy (non-hydrogen) atoms. The van der Waals surface area contributed by atoms with Crippen LogP contribution >= 0.6 is 0 Å². The first kappa shape index (κ1) is 41.7. The molecule has 0 bridgehead atoms. The van der Waals surface area contributed by atoms with Crippen LogP contribution in [0.2, 0.25) is 0 Å². The Morgan fingerprint density at radius 2 is 1.54 bits per heavy atom. The number of hydrogen-bond acceptors (Lipinski definition) is 20. The molecule has 3 aliphatic heterocycles. The van der Waals surface area contributed by atoms with E-state index in [1.54, 1.807) is 0 Å². The average Bonchev–Trinajstić information content (AvgIpc) is 3.06. The van der Waals surface area contributed by atoms with E-state index in [0.717, 1.165) is 13.8 Å². The minimum absolute atomic E-state index is 0.694. The summed E-state index contributed by atoms with van der Waals surface area (Å²) in [6, 6.07) is -3.18. The zero-order valence-corrected chi connectivity index (χ0v) is 26.7. The second kappa shape index (κ2) is 17.7. The van der Waals surface area contributed by atoms with Crippen LogP contribution in [0.3, 0.4) is 0 Å². The fourth-order valence-electron chi connectivity index (χ4n) is 5.65. The molecule has 2 amide bonds. The van der Waals surface area contributed by atoms with Crippen molar-refractivity contribution >= 4 is 23.8 Å². The van der Waals surface area contributed by atoms with Crippen molar-refractivity contribution in [1.29, 1.82) is 0 Å². The number of nitrogens with one attached hydrogen (secondary N) is 2. The molecule has 3 fully saturated rings. The van der Waals surface area contributed by atoms with Crippen LogP contribution in [-0.2, 0) is 47.6 Å². The number of aliphatic carboxylic acids is 1. The van der Waals surface area contributed by atoms with Crippen molar-refractivity contribution in [3.63, 3.8) is 0 Å². The average molecular weight is 733 g/mol. The maximum atomic E-state index is 12.6.